The number of carbonyl (C=O) groups excluding carboxylic acids is 1. The van der Waals surface area contributed by atoms with Crippen LogP contribution in [0.4, 0.5) is 0 Å². The standard InChI is InChI=1S/C14H14N2O2/c17-10-13-4-2-1-3-12(13)9-16-14(18)11-5-7-15-8-6-11/h1-8,17H,9-10H2,(H,16,18). The van der Waals surface area contributed by atoms with E-state index in [1.54, 1.807) is 24.5 Å². The van der Waals surface area contributed by atoms with Gasteiger partial charge in [0.1, 0.15) is 0 Å². The lowest BCUT2D eigenvalue weighted by Gasteiger charge is -2.08. The van der Waals surface area contributed by atoms with Crippen LogP contribution < -0.4 is 5.32 Å². The highest BCUT2D eigenvalue weighted by Gasteiger charge is 2.06. The number of aromatic nitrogens is 1. The van der Waals surface area contributed by atoms with E-state index in [0.29, 0.717) is 12.1 Å². The number of aliphatic hydroxyl groups excluding tert-OH is 1. The Bertz CT molecular complexity index is 526. The fraction of sp³-hybridized carbons (Fsp3) is 0.143. The highest BCUT2D eigenvalue weighted by atomic mass is 16.3. The number of aliphatic hydroxyl groups is 1. The van der Waals surface area contributed by atoms with Crippen molar-refractivity contribution in [1.82, 2.24) is 10.3 Å². The molecule has 0 aliphatic rings. The number of nitrogens with zero attached hydrogens (tertiary/aromatic N) is 1. The van der Waals surface area contributed by atoms with E-state index in [4.69, 9.17) is 0 Å². The smallest absolute Gasteiger partial charge is 0.251 e. The van der Waals surface area contributed by atoms with Gasteiger partial charge in [0, 0.05) is 24.5 Å². The van der Waals surface area contributed by atoms with Gasteiger partial charge in [-0.1, -0.05) is 24.3 Å². The number of carbonyl (C=O) groups is 1. The van der Waals surface area contributed by atoms with Gasteiger partial charge in [0.25, 0.3) is 5.91 Å². The van der Waals surface area contributed by atoms with Crippen LogP contribution in [0.5, 0.6) is 0 Å². The van der Waals surface area contributed by atoms with Gasteiger partial charge in [-0.25, -0.2) is 0 Å². The fourth-order valence-corrected chi connectivity index (χ4v) is 1.67. The van der Waals surface area contributed by atoms with E-state index in [2.05, 4.69) is 10.3 Å². The Balaban J connectivity index is 2.02. The molecule has 1 aromatic heterocycles. The number of hydrogen-bond donors (Lipinski definition) is 2. The van der Waals surface area contributed by atoms with Crippen LogP contribution in [-0.4, -0.2) is 16.0 Å². The molecule has 0 aliphatic heterocycles. The van der Waals surface area contributed by atoms with E-state index in [-0.39, 0.29) is 12.5 Å². The zero-order chi connectivity index (χ0) is 12.8. The Morgan fingerprint density at radius 2 is 1.78 bits per heavy atom. The second kappa shape index (κ2) is 5.93. The summed E-state index contributed by atoms with van der Waals surface area (Å²) in [4.78, 5) is 15.7. The molecule has 18 heavy (non-hydrogen) atoms. The lowest BCUT2D eigenvalue weighted by atomic mass is 10.1. The lowest BCUT2D eigenvalue weighted by molar-refractivity contribution is 0.0950. The van der Waals surface area contributed by atoms with Crippen molar-refractivity contribution in [2.45, 2.75) is 13.2 Å². The first-order chi connectivity index (χ1) is 8.81. The summed E-state index contributed by atoms with van der Waals surface area (Å²) in [6, 6.07) is 10.8. The number of amides is 1. The molecule has 1 heterocycles. The van der Waals surface area contributed by atoms with Crippen molar-refractivity contribution in [3.05, 3.63) is 65.5 Å². The minimum atomic E-state index is -0.148. The summed E-state index contributed by atoms with van der Waals surface area (Å²) in [6.07, 6.45) is 3.16. The molecule has 0 saturated carbocycles. The number of pyridine rings is 1. The Morgan fingerprint density at radius 1 is 1.11 bits per heavy atom. The maximum absolute atomic E-state index is 11.8. The SMILES string of the molecule is O=C(NCc1ccccc1CO)c1ccncc1. The zero-order valence-electron chi connectivity index (χ0n) is 9.84. The zero-order valence-corrected chi connectivity index (χ0v) is 9.84. The van der Waals surface area contributed by atoms with Crippen LogP contribution in [-0.2, 0) is 13.2 Å². The van der Waals surface area contributed by atoms with Gasteiger partial charge in [-0.05, 0) is 23.3 Å². The molecule has 2 N–H and O–H groups in total. The Labute approximate surface area is 105 Å². The molecule has 2 aromatic rings. The van der Waals surface area contributed by atoms with Gasteiger partial charge in [-0.3, -0.25) is 9.78 Å². The summed E-state index contributed by atoms with van der Waals surface area (Å²) >= 11 is 0. The second-order valence-electron chi connectivity index (χ2n) is 3.85. The molecular formula is C14H14N2O2. The quantitative estimate of drug-likeness (QED) is 0.854. The van der Waals surface area contributed by atoms with E-state index in [1.165, 1.54) is 0 Å². The molecule has 2 rings (SSSR count). The van der Waals surface area contributed by atoms with Crippen LogP contribution in [0.2, 0.25) is 0 Å². The molecule has 1 amide bonds. The average Bonchev–Trinajstić information content (AvgIpc) is 2.46. The summed E-state index contributed by atoms with van der Waals surface area (Å²) in [6.45, 7) is 0.374. The molecule has 4 nitrogen and oxygen atoms in total. The van der Waals surface area contributed by atoms with Gasteiger partial charge in [0.15, 0.2) is 0 Å². The van der Waals surface area contributed by atoms with Gasteiger partial charge in [-0.15, -0.1) is 0 Å². The molecule has 4 heteroatoms. The van der Waals surface area contributed by atoms with E-state index in [0.717, 1.165) is 11.1 Å². The van der Waals surface area contributed by atoms with Crippen molar-refractivity contribution in [1.29, 1.82) is 0 Å². The summed E-state index contributed by atoms with van der Waals surface area (Å²) in [5.41, 5.74) is 2.32. The first-order valence-corrected chi connectivity index (χ1v) is 5.67. The third kappa shape index (κ3) is 2.93. The second-order valence-corrected chi connectivity index (χ2v) is 3.85. The van der Waals surface area contributed by atoms with Gasteiger partial charge >= 0.3 is 0 Å². The van der Waals surface area contributed by atoms with Crippen molar-refractivity contribution in [3.8, 4) is 0 Å². The third-order valence-electron chi connectivity index (χ3n) is 2.67. The van der Waals surface area contributed by atoms with Gasteiger partial charge < -0.3 is 10.4 Å². The van der Waals surface area contributed by atoms with Crippen LogP contribution >= 0.6 is 0 Å². The first-order valence-electron chi connectivity index (χ1n) is 5.67. The monoisotopic (exact) mass is 242 g/mol. The Kier molecular flexibility index (Phi) is 4.04. The predicted octanol–water partition coefficient (Wildman–Crippen LogP) is 1.50. The highest BCUT2D eigenvalue weighted by Crippen LogP contribution is 2.08. The maximum Gasteiger partial charge on any atom is 0.251 e. The molecule has 0 radical (unpaired) electrons. The molecule has 0 atom stereocenters. The minimum Gasteiger partial charge on any atom is -0.392 e. The van der Waals surface area contributed by atoms with Crippen molar-refractivity contribution in [2.24, 2.45) is 0 Å². The van der Waals surface area contributed by atoms with E-state index < -0.39 is 0 Å². The van der Waals surface area contributed by atoms with Crippen LogP contribution in [0.15, 0.2) is 48.8 Å². The highest BCUT2D eigenvalue weighted by molar-refractivity contribution is 5.93. The molecular weight excluding hydrogens is 228 g/mol. The van der Waals surface area contributed by atoms with E-state index >= 15 is 0 Å². The molecule has 0 bridgehead atoms. The fourth-order valence-electron chi connectivity index (χ4n) is 1.67. The molecule has 0 aliphatic carbocycles. The molecule has 0 saturated heterocycles. The topological polar surface area (TPSA) is 62.2 Å². The Hall–Kier alpha value is -2.20. The summed E-state index contributed by atoms with van der Waals surface area (Å²) < 4.78 is 0. The predicted molar refractivity (Wildman–Crippen MR) is 67.8 cm³/mol. The number of nitrogens with one attached hydrogen (secondary N) is 1. The van der Waals surface area contributed by atoms with Gasteiger partial charge in [0.2, 0.25) is 0 Å². The first kappa shape index (κ1) is 12.3. The van der Waals surface area contributed by atoms with Crippen molar-refractivity contribution >= 4 is 5.91 Å². The van der Waals surface area contributed by atoms with Crippen LogP contribution in [0, 0.1) is 0 Å². The minimum absolute atomic E-state index is 0.0265. The largest absolute Gasteiger partial charge is 0.392 e. The third-order valence-corrected chi connectivity index (χ3v) is 2.67. The molecule has 0 fully saturated rings. The Morgan fingerprint density at radius 3 is 2.44 bits per heavy atom. The van der Waals surface area contributed by atoms with E-state index in [9.17, 15) is 9.90 Å². The normalized spacial score (nSPS) is 10.1. The molecule has 0 unspecified atom stereocenters. The van der Waals surface area contributed by atoms with E-state index in [1.807, 2.05) is 24.3 Å². The lowest BCUT2D eigenvalue weighted by Crippen LogP contribution is -2.23. The maximum atomic E-state index is 11.8. The van der Waals surface area contributed by atoms with Gasteiger partial charge in [-0.2, -0.15) is 0 Å². The summed E-state index contributed by atoms with van der Waals surface area (Å²) in [5, 5.41) is 12.0. The molecule has 92 valence electrons. The average molecular weight is 242 g/mol. The molecule has 1 aromatic carbocycles. The summed E-state index contributed by atoms with van der Waals surface area (Å²) in [7, 11) is 0. The van der Waals surface area contributed by atoms with Crippen LogP contribution in [0.3, 0.4) is 0 Å². The molecule has 0 spiro atoms. The van der Waals surface area contributed by atoms with Crippen molar-refractivity contribution in [2.75, 3.05) is 0 Å². The summed E-state index contributed by atoms with van der Waals surface area (Å²) in [5.74, 6) is -0.148. The van der Waals surface area contributed by atoms with Gasteiger partial charge in [0.05, 0.1) is 6.61 Å². The number of rotatable bonds is 4. The van der Waals surface area contributed by atoms with Crippen LogP contribution in [0.25, 0.3) is 0 Å². The van der Waals surface area contributed by atoms with Crippen molar-refractivity contribution < 1.29 is 9.90 Å². The van der Waals surface area contributed by atoms with Crippen LogP contribution in [0.1, 0.15) is 21.5 Å². The number of hydrogen-bond acceptors (Lipinski definition) is 3. The number of benzene rings is 1. The van der Waals surface area contributed by atoms with Crippen molar-refractivity contribution in [3.63, 3.8) is 0 Å².